The quantitative estimate of drug-likeness (QED) is 0.640. The van der Waals surface area contributed by atoms with Gasteiger partial charge in [0.25, 0.3) is 5.69 Å². The molecule has 2 rings (SSSR count). The van der Waals surface area contributed by atoms with Gasteiger partial charge in [0.2, 0.25) is 0 Å². The molecule has 8 nitrogen and oxygen atoms in total. The van der Waals surface area contributed by atoms with Crippen molar-refractivity contribution in [1.29, 1.82) is 0 Å². The highest BCUT2D eigenvalue weighted by Crippen LogP contribution is 2.22. The number of nitro benzene ring substituents is 1. The number of non-ortho nitro benzene ring substituents is 1. The van der Waals surface area contributed by atoms with Crippen molar-refractivity contribution in [3.05, 3.63) is 50.7 Å². The molecule has 0 spiro atoms. The number of nitro groups is 1. The second-order valence-electron chi connectivity index (χ2n) is 4.71. The Morgan fingerprint density at radius 2 is 2.19 bits per heavy atom. The van der Waals surface area contributed by atoms with Gasteiger partial charge < -0.3 is 5.32 Å². The fourth-order valence-corrected chi connectivity index (χ4v) is 1.95. The summed E-state index contributed by atoms with van der Waals surface area (Å²) in [4.78, 5) is 22.3. The molecule has 0 amide bonds. The molecule has 0 fully saturated rings. The van der Waals surface area contributed by atoms with Crippen LogP contribution < -0.4 is 11.0 Å². The zero-order chi connectivity index (χ0) is 15.4. The summed E-state index contributed by atoms with van der Waals surface area (Å²) in [5.74, 6) is 0. The molecule has 0 bridgehead atoms. The molecule has 112 valence electrons. The van der Waals surface area contributed by atoms with E-state index >= 15 is 0 Å². The van der Waals surface area contributed by atoms with Crippen molar-refractivity contribution >= 4 is 11.4 Å². The monoisotopic (exact) mass is 291 g/mol. The molecule has 0 atom stereocenters. The number of aryl methyl sites for hydroxylation is 1. The van der Waals surface area contributed by atoms with Crippen molar-refractivity contribution in [2.24, 2.45) is 7.05 Å². The normalized spacial score (nSPS) is 10.6. The average Bonchev–Trinajstić information content (AvgIpc) is 2.77. The minimum atomic E-state index is -0.450. The Morgan fingerprint density at radius 1 is 1.43 bits per heavy atom. The lowest BCUT2D eigenvalue weighted by atomic mass is 10.1. The first-order chi connectivity index (χ1) is 10.0. The lowest BCUT2D eigenvalue weighted by molar-refractivity contribution is -0.384. The van der Waals surface area contributed by atoms with Crippen LogP contribution in [0.5, 0.6) is 0 Å². The highest BCUT2D eigenvalue weighted by Gasteiger charge is 2.13. The van der Waals surface area contributed by atoms with Gasteiger partial charge in [-0.1, -0.05) is 6.92 Å². The smallest absolute Gasteiger partial charge is 0.345 e. The first-order valence-corrected chi connectivity index (χ1v) is 6.62. The molecule has 0 aliphatic carbocycles. The summed E-state index contributed by atoms with van der Waals surface area (Å²) in [5, 5.41) is 18.1. The molecule has 0 saturated heterocycles. The molecule has 2 aromatic rings. The Kier molecular flexibility index (Phi) is 4.36. The third-order valence-corrected chi connectivity index (χ3v) is 3.07. The molecule has 0 radical (unpaired) electrons. The van der Waals surface area contributed by atoms with Crippen LogP contribution in [0.1, 0.15) is 18.9 Å². The largest absolute Gasteiger partial charge is 0.385 e. The van der Waals surface area contributed by atoms with Crippen molar-refractivity contribution < 1.29 is 4.92 Å². The van der Waals surface area contributed by atoms with Crippen LogP contribution in [-0.4, -0.2) is 25.8 Å². The van der Waals surface area contributed by atoms with E-state index in [-0.39, 0.29) is 17.9 Å². The summed E-state index contributed by atoms with van der Waals surface area (Å²) in [7, 11) is 1.61. The van der Waals surface area contributed by atoms with Gasteiger partial charge in [0.05, 0.1) is 11.5 Å². The maximum absolute atomic E-state index is 11.8. The number of anilines is 1. The third-order valence-electron chi connectivity index (χ3n) is 3.07. The van der Waals surface area contributed by atoms with Crippen molar-refractivity contribution in [3.63, 3.8) is 0 Å². The van der Waals surface area contributed by atoms with Gasteiger partial charge in [0.1, 0.15) is 6.33 Å². The molecule has 8 heteroatoms. The van der Waals surface area contributed by atoms with E-state index in [9.17, 15) is 14.9 Å². The van der Waals surface area contributed by atoms with E-state index in [4.69, 9.17) is 0 Å². The first-order valence-electron chi connectivity index (χ1n) is 6.62. The summed E-state index contributed by atoms with van der Waals surface area (Å²) in [6.45, 7) is 2.97. The number of aromatic nitrogens is 3. The Morgan fingerprint density at radius 3 is 2.76 bits per heavy atom. The van der Waals surface area contributed by atoms with Gasteiger partial charge in [-0.2, -0.15) is 5.10 Å². The number of benzene rings is 1. The molecule has 1 aromatic carbocycles. The Labute approximate surface area is 121 Å². The third kappa shape index (κ3) is 3.28. The minimum absolute atomic E-state index is 0.00368. The Bertz CT molecular complexity index is 704. The second-order valence-corrected chi connectivity index (χ2v) is 4.71. The van der Waals surface area contributed by atoms with Gasteiger partial charge in [-0.05, 0) is 12.5 Å². The molecule has 1 heterocycles. The lowest BCUT2D eigenvalue weighted by Gasteiger charge is -2.11. The first kappa shape index (κ1) is 14.8. The summed E-state index contributed by atoms with van der Waals surface area (Å²) in [5.41, 5.74) is 1.18. The fourth-order valence-electron chi connectivity index (χ4n) is 1.95. The highest BCUT2D eigenvalue weighted by molar-refractivity contribution is 5.56. The molecule has 0 aliphatic heterocycles. The van der Waals surface area contributed by atoms with E-state index in [1.807, 2.05) is 6.92 Å². The molecule has 21 heavy (non-hydrogen) atoms. The van der Waals surface area contributed by atoms with Crippen LogP contribution in [0.25, 0.3) is 0 Å². The number of rotatable bonds is 6. The van der Waals surface area contributed by atoms with E-state index in [1.54, 1.807) is 13.1 Å². The van der Waals surface area contributed by atoms with Crippen LogP contribution in [0.4, 0.5) is 11.4 Å². The molecule has 0 saturated carbocycles. The number of hydrogen-bond acceptors (Lipinski definition) is 5. The van der Waals surface area contributed by atoms with E-state index in [1.165, 1.54) is 27.7 Å². The van der Waals surface area contributed by atoms with Crippen molar-refractivity contribution in [2.75, 3.05) is 11.9 Å². The van der Waals surface area contributed by atoms with Crippen molar-refractivity contribution in [1.82, 2.24) is 14.3 Å². The van der Waals surface area contributed by atoms with E-state index in [0.29, 0.717) is 5.56 Å². The molecule has 1 N–H and O–H groups in total. The second kappa shape index (κ2) is 6.21. The molecule has 0 unspecified atom stereocenters. The number of nitrogens with one attached hydrogen (secondary N) is 1. The molecule has 1 aromatic heterocycles. The summed E-state index contributed by atoms with van der Waals surface area (Å²) < 4.78 is 2.63. The van der Waals surface area contributed by atoms with Gasteiger partial charge in [-0.15, -0.1) is 0 Å². The van der Waals surface area contributed by atoms with Crippen LogP contribution >= 0.6 is 0 Å². The van der Waals surface area contributed by atoms with Crippen molar-refractivity contribution in [2.45, 2.75) is 19.9 Å². The maximum atomic E-state index is 11.8. The highest BCUT2D eigenvalue weighted by atomic mass is 16.6. The van der Waals surface area contributed by atoms with E-state index < -0.39 is 4.92 Å². The number of nitrogens with zero attached hydrogens (tertiary/aromatic N) is 4. The van der Waals surface area contributed by atoms with Gasteiger partial charge >= 0.3 is 5.69 Å². The van der Waals surface area contributed by atoms with Gasteiger partial charge in [0, 0.05) is 37.0 Å². The Balaban J connectivity index is 2.37. The molecular weight excluding hydrogens is 274 g/mol. The maximum Gasteiger partial charge on any atom is 0.345 e. The molecule has 0 aliphatic rings. The lowest BCUT2D eigenvalue weighted by Crippen LogP contribution is -2.24. The van der Waals surface area contributed by atoms with Crippen LogP contribution in [0.15, 0.2) is 29.3 Å². The van der Waals surface area contributed by atoms with E-state index in [2.05, 4.69) is 10.4 Å². The standard InChI is InChI=1S/C13H17N5O3/c1-3-6-14-12-5-4-11(18(20)21)7-10(12)8-17-13(19)16(2)9-15-17/h4-5,7,9,14H,3,6,8H2,1-2H3. The van der Waals surface area contributed by atoms with Crippen LogP contribution in [0, 0.1) is 10.1 Å². The van der Waals surface area contributed by atoms with Crippen LogP contribution in [0.3, 0.4) is 0 Å². The summed E-state index contributed by atoms with van der Waals surface area (Å²) in [6.07, 6.45) is 2.35. The van der Waals surface area contributed by atoms with Gasteiger partial charge in [-0.25, -0.2) is 9.48 Å². The van der Waals surface area contributed by atoms with E-state index in [0.717, 1.165) is 18.7 Å². The van der Waals surface area contributed by atoms with Crippen LogP contribution in [0.2, 0.25) is 0 Å². The SMILES string of the molecule is CCCNc1ccc([N+](=O)[O-])cc1Cn1ncn(C)c1=O. The van der Waals surface area contributed by atoms with Crippen molar-refractivity contribution in [3.8, 4) is 0 Å². The predicted molar refractivity (Wildman–Crippen MR) is 78.4 cm³/mol. The number of hydrogen-bond donors (Lipinski definition) is 1. The minimum Gasteiger partial charge on any atom is -0.385 e. The zero-order valence-electron chi connectivity index (χ0n) is 11.9. The fraction of sp³-hybridized carbons (Fsp3) is 0.385. The molecular formula is C13H17N5O3. The Hall–Kier alpha value is -2.64. The van der Waals surface area contributed by atoms with Crippen LogP contribution in [-0.2, 0) is 13.6 Å². The topological polar surface area (TPSA) is 95.0 Å². The predicted octanol–water partition coefficient (Wildman–Crippen LogP) is 1.36. The summed E-state index contributed by atoms with van der Waals surface area (Å²) in [6, 6.07) is 4.58. The average molecular weight is 291 g/mol. The zero-order valence-corrected chi connectivity index (χ0v) is 11.9. The van der Waals surface area contributed by atoms with Gasteiger partial charge in [-0.3, -0.25) is 14.7 Å². The van der Waals surface area contributed by atoms with Gasteiger partial charge in [0.15, 0.2) is 0 Å². The summed E-state index contributed by atoms with van der Waals surface area (Å²) >= 11 is 0.